The molecule has 2 aromatic carbocycles. The van der Waals surface area contributed by atoms with Gasteiger partial charge in [0.25, 0.3) is 0 Å². The number of sulfonamides is 1. The molecule has 0 unspecified atom stereocenters. The second-order valence-corrected chi connectivity index (χ2v) is 9.01. The van der Waals surface area contributed by atoms with Gasteiger partial charge in [0, 0.05) is 38.4 Å². The molecule has 3 rings (SSSR count). The molecule has 29 heavy (non-hydrogen) atoms. The van der Waals surface area contributed by atoms with E-state index in [1.807, 2.05) is 12.1 Å². The summed E-state index contributed by atoms with van der Waals surface area (Å²) in [4.78, 5) is 16.8. The molecule has 6 nitrogen and oxygen atoms in total. The van der Waals surface area contributed by atoms with Crippen LogP contribution in [0.5, 0.6) is 0 Å². The van der Waals surface area contributed by atoms with Gasteiger partial charge in [0.05, 0.1) is 4.90 Å². The highest BCUT2D eigenvalue weighted by atomic mass is 32.2. The van der Waals surface area contributed by atoms with Crippen LogP contribution in [-0.2, 0) is 21.4 Å². The predicted octanol–water partition coefficient (Wildman–Crippen LogP) is 2.87. The first-order valence-corrected chi connectivity index (χ1v) is 11.2. The number of nitrogens with zero attached hydrogens (tertiary/aromatic N) is 2. The minimum Gasteiger partial charge on any atom is -0.371 e. The summed E-state index contributed by atoms with van der Waals surface area (Å²) < 4.78 is 25.8. The van der Waals surface area contributed by atoms with E-state index in [1.54, 1.807) is 30.2 Å². The molecule has 0 radical (unpaired) electrons. The summed E-state index contributed by atoms with van der Waals surface area (Å²) in [6.45, 7) is 2.66. The zero-order valence-corrected chi connectivity index (χ0v) is 17.7. The minimum absolute atomic E-state index is 0.104. The third-order valence-electron chi connectivity index (χ3n) is 5.10. The van der Waals surface area contributed by atoms with E-state index in [9.17, 15) is 13.2 Å². The van der Waals surface area contributed by atoms with Crippen molar-refractivity contribution >= 4 is 27.7 Å². The third kappa shape index (κ3) is 5.25. The Morgan fingerprint density at radius 2 is 1.76 bits per heavy atom. The Morgan fingerprint density at radius 3 is 2.41 bits per heavy atom. The van der Waals surface area contributed by atoms with Gasteiger partial charge in [0.1, 0.15) is 0 Å². The Bertz CT molecular complexity index is 979. The van der Waals surface area contributed by atoms with Crippen LogP contribution in [0.25, 0.3) is 6.08 Å². The Morgan fingerprint density at radius 1 is 1.10 bits per heavy atom. The molecule has 154 valence electrons. The zero-order valence-electron chi connectivity index (χ0n) is 16.8. The summed E-state index contributed by atoms with van der Waals surface area (Å²) in [5.74, 6) is -0.104. The van der Waals surface area contributed by atoms with Crippen LogP contribution in [0.1, 0.15) is 24.0 Å². The van der Waals surface area contributed by atoms with Crippen molar-refractivity contribution in [2.24, 2.45) is 0 Å². The molecular weight excluding hydrogens is 386 g/mol. The monoisotopic (exact) mass is 413 g/mol. The highest BCUT2D eigenvalue weighted by Crippen LogP contribution is 2.25. The average molecular weight is 414 g/mol. The summed E-state index contributed by atoms with van der Waals surface area (Å²) in [5, 5.41) is 0. The topological polar surface area (TPSA) is 69.7 Å². The fraction of sp³-hybridized carbons (Fsp3) is 0.318. The molecule has 1 amide bonds. The van der Waals surface area contributed by atoms with Crippen LogP contribution in [0, 0.1) is 0 Å². The van der Waals surface area contributed by atoms with Crippen molar-refractivity contribution < 1.29 is 13.2 Å². The van der Waals surface area contributed by atoms with E-state index in [2.05, 4.69) is 21.8 Å². The van der Waals surface area contributed by atoms with Crippen LogP contribution in [0.3, 0.4) is 0 Å². The lowest BCUT2D eigenvalue weighted by Gasteiger charge is -2.24. The summed E-state index contributed by atoms with van der Waals surface area (Å²) in [6.07, 6.45) is 5.63. The number of likely N-dealkylation sites (N-methyl/N-ethyl adjacent to an activating group) is 1. The SMILES string of the molecule is CNS(=O)(=O)c1ccc(/C=C/C(=O)N(C)Cc2ccccc2N2CCCC2)cc1. The molecular formula is C22H27N3O3S. The number of para-hydroxylation sites is 1. The fourth-order valence-corrected chi connectivity index (χ4v) is 4.15. The van der Waals surface area contributed by atoms with Gasteiger partial charge in [-0.2, -0.15) is 0 Å². The maximum atomic E-state index is 12.5. The highest BCUT2D eigenvalue weighted by molar-refractivity contribution is 7.89. The summed E-state index contributed by atoms with van der Waals surface area (Å²) in [6, 6.07) is 14.6. The molecule has 0 atom stereocenters. The van der Waals surface area contributed by atoms with Gasteiger partial charge in [-0.3, -0.25) is 4.79 Å². The van der Waals surface area contributed by atoms with Crippen molar-refractivity contribution in [3.05, 3.63) is 65.7 Å². The van der Waals surface area contributed by atoms with Crippen molar-refractivity contribution in [3.63, 3.8) is 0 Å². The quantitative estimate of drug-likeness (QED) is 0.709. The number of anilines is 1. The summed E-state index contributed by atoms with van der Waals surface area (Å²) in [7, 11) is -0.296. The van der Waals surface area contributed by atoms with Crippen molar-refractivity contribution in [1.29, 1.82) is 0 Å². The number of nitrogens with one attached hydrogen (secondary N) is 1. The highest BCUT2D eigenvalue weighted by Gasteiger charge is 2.17. The Balaban J connectivity index is 1.65. The molecule has 1 saturated heterocycles. The van der Waals surface area contributed by atoms with E-state index < -0.39 is 10.0 Å². The average Bonchev–Trinajstić information content (AvgIpc) is 3.27. The molecule has 0 aromatic heterocycles. The van der Waals surface area contributed by atoms with Crippen LogP contribution in [0.15, 0.2) is 59.5 Å². The van der Waals surface area contributed by atoms with Crippen LogP contribution in [0.2, 0.25) is 0 Å². The Kier molecular flexibility index (Phi) is 6.71. The van der Waals surface area contributed by atoms with Gasteiger partial charge in [-0.05, 0) is 55.3 Å². The van der Waals surface area contributed by atoms with E-state index in [-0.39, 0.29) is 10.8 Å². The van der Waals surface area contributed by atoms with Crippen molar-refractivity contribution in [1.82, 2.24) is 9.62 Å². The molecule has 0 aliphatic carbocycles. The van der Waals surface area contributed by atoms with Crippen LogP contribution in [-0.4, -0.2) is 46.4 Å². The van der Waals surface area contributed by atoms with Gasteiger partial charge in [-0.25, -0.2) is 13.1 Å². The Hall–Kier alpha value is -2.64. The fourth-order valence-electron chi connectivity index (χ4n) is 3.42. The number of hydrogen-bond donors (Lipinski definition) is 1. The lowest BCUT2D eigenvalue weighted by molar-refractivity contribution is -0.125. The normalized spacial score (nSPS) is 14.5. The number of carbonyl (C=O) groups is 1. The molecule has 1 heterocycles. The molecule has 1 aliphatic rings. The van der Waals surface area contributed by atoms with Gasteiger partial charge in [0.15, 0.2) is 0 Å². The van der Waals surface area contributed by atoms with Crippen LogP contribution in [0.4, 0.5) is 5.69 Å². The number of hydrogen-bond acceptors (Lipinski definition) is 4. The second-order valence-electron chi connectivity index (χ2n) is 7.13. The molecule has 0 bridgehead atoms. The standard InChI is InChI=1S/C22H27N3O3S/c1-23-29(27,28)20-12-9-18(10-13-20)11-14-22(26)24(2)17-19-7-3-4-8-21(19)25-15-5-6-16-25/h3-4,7-14,23H,5-6,15-17H2,1-2H3/b14-11+. The van der Waals surface area contributed by atoms with E-state index in [0.29, 0.717) is 6.54 Å². The minimum atomic E-state index is -3.46. The molecule has 1 fully saturated rings. The molecule has 1 aliphatic heterocycles. The van der Waals surface area contributed by atoms with Crippen molar-refractivity contribution in [2.75, 3.05) is 32.1 Å². The van der Waals surface area contributed by atoms with Crippen LogP contribution >= 0.6 is 0 Å². The number of benzene rings is 2. The molecule has 2 aromatic rings. The van der Waals surface area contributed by atoms with Crippen molar-refractivity contribution in [3.8, 4) is 0 Å². The van der Waals surface area contributed by atoms with Gasteiger partial charge in [-0.15, -0.1) is 0 Å². The number of amides is 1. The molecule has 1 N–H and O–H groups in total. The zero-order chi connectivity index (χ0) is 20.9. The maximum absolute atomic E-state index is 12.5. The lowest BCUT2D eigenvalue weighted by atomic mass is 10.1. The van der Waals surface area contributed by atoms with Gasteiger partial charge in [0.2, 0.25) is 15.9 Å². The molecule has 0 spiro atoms. The van der Waals surface area contributed by atoms with Crippen LogP contribution < -0.4 is 9.62 Å². The maximum Gasteiger partial charge on any atom is 0.246 e. The van der Waals surface area contributed by atoms with Crippen molar-refractivity contribution in [2.45, 2.75) is 24.3 Å². The first kappa shape index (κ1) is 21.1. The first-order chi connectivity index (χ1) is 13.9. The predicted molar refractivity (Wildman–Crippen MR) is 116 cm³/mol. The molecule has 0 saturated carbocycles. The second kappa shape index (κ2) is 9.24. The summed E-state index contributed by atoms with van der Waals surface area (Å²) >= 11 is 0. The third-order valence-corrected chi connectivity index (χ3v) is 6.53. The van der Waals surface area contributed by atoms with Gasteiger partial charge >= 0.3 is 0 Å². The van der Waals surface area contributed by atoms with E-state index in [4.69, 9.17) is 0 Å². The van der Waals surface area contributed by atoms with Gasteiger partial charge in [-0.1, -0.05) is 30.3 Å². The number of carbonyl (C=O) groups excluding carboxylic acids is 1. The first-order valence-electron chi connectivity index (χ1n) is 9.70. The molecule has 7 heteroatoms. The Labute approximate surface area is 172 Å². The van der Waals surface area contributed by atoms with Gasteiger partial charge < -0.3 is 9.80 Å². The van der Waals surface area contributed by atoms with E-state index in [1.165, 1.54) is 43.8 Å². The van der Waals surface area contributed by atoms with E-state index in [0.717, 1.165) is 24.2 Å². The summed E-state index contributed by atoms with van der Waals surface area (Å²) in [5.41, 5.74) is 3.11. The van der Waals surface area contributed by atoms with E-state index >= 15 is 0 Å². The number of rotatable bonds is 7. The smallest absolute Gasteiger partial charge is 0.246 e. The lowest BCUT2D eigenvalue weighted by Crippen LogP contribution is -2.26. The largest absolute Gasteiger partial charge is 0.371 e.